The topological polar surface area (TPSA) is 60.3 Å². The highest BCUT2D eigenvalue weighted by atomic mass is 32.1. The molecule has 0 fully saturated rings. The number of anilines is 1. The van der Waals surface area contributed by atoms with Crippen LogP contribution in [0, 0.1) is 5.82 Å². The Morgan fingerprint density at radius 1 is 1.30 bits per heavy atom. The zero-order valence-corrected chi connectivity index (χ0v) is 13.0. The van der Waals surface area contributed by atoms with Crippen molar-refractivity contribution in [3.63, 3.8) is 0 Å². The van der Waals surface area contributed by atoms with E-state index in [4.69, 9.17) is 4.74 Å². The van der Waals surface area contributed by atoms with Gasteiger partial charge in [0, 0.05) is 11.8 Å². The molecular weight excluding hydrogens is 319 g/mol. The van der Waals surface area contributed by atoms with Gasteiger partial charge in [0.05, 0.1) is 17.2 Å². The Morgan fingerprint density at radius 2 is 2.13 bits per heavy atom. The molecule has 0 spiro atoms. The molecule has 23 heavy (non-hydrogen) atoms. The molecule has 3 aromatic rings. The van der Waals surface area contributed by atoms with Crippen molar-refractivity contribution in [2.45, 2.75) is 6.54 Å². The van der Waals surface area contributed by atoms with Gasteiger partial charge in [-0.3, -0.25) is 13.5 Å². The van der Waals surface area contributed by atoms with E-state index in [0.29, 0.717) is 21.5 Å². The number of methoxy groups -OCH3 is 1. The van der Waals surface area contributed by atoms with E-state index in [0.717, 1.165) is 11.5 Å². The Hall–Kier alpha value is -2.67. The number of amides is 1. The highest BCUT2D eigenvalue weighted by molar-refractivity contribution is 7.13. The molecule has 0 saturated carbocycles. The Morgan fingerprint density at radius 3 is 2.91 bits per heavy atom. The first-order valence-corrected chi connectivity index (χ1v) is 7.57. The average Bonchev–Trinajstić information content (AvgIpc) is 2.82. The van der Waals surface area contributed by atoms with Crippen LogP contribution in [0.25, 0.3) is 10.1 Å². The van der Waals surface area contributed by atoms with Gasteiger partial charge < -0.3 is 10.1 Å². The fourth-order valence-electron chi connectivity index (χ4n) is 2.18. The lowest BCUT2D eigenvalue weighted by Gasteiger charge is -2.06. The molecule has 1 aromatic heterocycles. The highest BCUT2D eigenvalue weighted by Crippen LogP contribution is 2.19. The van der Waals surface area contributed by atoms with Gasteiger partial charge in [0.15, 0.2) is 0 Å². The number of nitrogens with one attached hydrogen (secondary N) is 1. The minimum absolute atomic E-state index is 0.128. The van der Waals surface area contributed by atoms with Crippen molar-refractivity contribution in [2.24, 2.45) is 0 Å². The van der Waals surface area contributed by atoms with Crippen LogP contribution in [-0.4, -0.2) is 17.0 Å². The summed E-state index contributed by atoms with van der Waals surface area (Å²) in [5.41, 5.74) is 0.278. The summed E-state index contributed by atoms with van der Waals surface area (Å²) in [4.78, 5) is 24.3. The zero-order valence-electron chi connectivity index (χ0n) is 12.2. The summed E-state index contributed by atoms with van der Waals surface area (Å²) in [5.74, 6) is -0.128. The van der Waals surface area contributed by atoms with E-state index in [1.54, 1.807) is 24.3 Å². The number of fused-ring (bicyclic) bond motifs is 1. The molecule has 0 saturated heterocycles. The second kappa shape index (κ2) is 6.21. The van der Waals surface area contributed by atoms with E-state index in [2.05, 4.69) is 5.32 Å². The van der Waals surface area contributed by atoms with Gasteiger partial charge in [0.2, 0.25) is 5.91 Å². The Bertz CT molecular complexity index is 932. The fraction of sp³-hybridized carbons (Fsp3) is 0.125. The van der Waals surface area contributed by atoms with Gasteiger partial charge in [-0.1, -0.05) is 17.6 Å². The van der Waals surface area contributed by atoms with Crippen molar-refractivity contribution in [1.29, 1.82) is 0 Å². The van der Waals surface area contributed by atoms with Gasteiger partial charge in [-0.25, -0.2) is 4.39 Å². The van der Waals surface area contributed by atoms with Crippen LogP contribution in [0.5, 0.6) is 5.75 Å². The number of hydrogen-bond donors (Lipinski definition) is 1. The van der Waals surface area contributed by atoms with Crippen molar-refractivity contribution in [3.8, 4) is 5.75 Å². The summed E-state index contributed by atoms with van der Waals surface area (Å²) in [7, 11) is 1.54. The Kier molecular flexibility index (Phi) is 4.12. The number of ether oxygens (including phenoxy) is 1. The van der Waals surface area contributed by atoms with Gasteiger partial charge in [-0.15, -0.1) is 0 Å². The minimum atomic E-state index is -0.410. The molecule has 5 nitrogen and oxygen atoms in total. The molecule has 1 heterocycles. The molecule has 118 valence electrons. The summed E-state index contributed by atoms with van der Waals surface area (Å²) in [6.45, 7) is -0.128. The number of aromatic nitrogens is 1. The molecule has 0 radical (unpaired) electrons. The average molecular weight is 332 g/mol. The predicted molar refractivity (Wildman–Crippen MR) is 87.7 cm³/mol. The summed E-state index contributed by atoms with van der Waals surface area (Å²) in [6, 6.07) is 10.9. The third kappa shape index (κ3) is 3.24. The SMILES string of the molecule is COc1cccc(NC(=O)Cn2sc3cc(F)ccc3c2=O)c1. The minimum Gasteiger partial charge on any atom is -0.497 e. The molecule has 1 amide bonds. The summed E-state index contributed by atoms with van der Waals surface area (Å²) in [5, 5.41) is 3.11. The lowest BCUT2D eigenvalue weighted by atomic mass is 10.3. The van der Waals surface area contributed by atoms with Gasteiger partial charge in [-0.2, -0.15) is 0 Å². The molecule has 2 aromatic carbocycles. The molecule has 0 aliphatic rings. The summed E-state index contributed by atoms with van der Waals surface area (Å²) < 4.78 is 20.1. The number of benzene rings is 2. The monoisotopic (exact) mass is 332 g/mol. The third-order valence-corrected chi connectivity index (χ3v) is 4.30. The van der Waals surface area contributed by atoms with Crippen LogP contribution in [0.2, 0.25) is 0 Å². The van der Waals surface area contributed by atoms with Crippen molar-refractivity contribution in [1.82, 2.24) is 3.96 Å². The summed E-state index contributed by atoms with van der Waals surface area (Å²) >= 11 is 1.06. The van der Waals surface area contributed by atoms with E-state index in [1.807, 2.05) is 0 Å². The molecule has 1 N–H and O–H groups in total. The first-order chi connectivity index (χ1) is 11.1. The van der Waals surface area contributed by atoms with Crippen LogP contribution in [-0.2, 0) is 11.3 Å². The van der Waals surface area contributed by atoms with Crippen LogP contribution >= 0.6 is 11.5 Å². The standard InChI is InChI=1S/C16H13FN2O3S/c1-22-12-4-2-3-11(8-12)18-15(20)9-19-16(21)13-6-5-10(17)7-14(13)23-19/h2-8H,9H2,1H3,(H,18,20). The van der Waals surface area contributed by atoms with E-state index < -0.39 is 5.82 Å². The van der Waals surface area contributed by atoms with Crippen molar-refractivity contribution < 1.29 is 13.9 Å². The first-order valence-electron chi connectivity index (χ1n) is 6.80. The lowest BCUT2D eigenvalue weighted by Crippen LogP contribution is -2.23. The Balaban J connectivity index is 1.80. The van der Waals surface area contributed by atoms with Gasteiger partial charge in [0.25, 0.3) is 5.56 Å². The van der Waals surface area contributed by atoms with E-state index in [-0.39, 0.29) is 18.0 Å². The number of halogens is 1. The maximum atomic E-state index is 13.2. The number of hydrogen-bond acceptors (Lipinski definition) is 4. The lowest BCUT2D eigenvalue weighted by molar-refractivity contribution is -0.116. The number of carbonyl (C=O) groups is 1. The summed E-state index contributed by atoms with van der Waals surface area (Å²) in [6.07, 6.45) is 0. The molecule has 0 aliphatic heterocycles. The van der Waals surface area contributed by atoms with Gasteiger partial charge in [0.1, 0.15) is 18.1 Å². The van der Waals surface area contributed by atoms with E-state index in [9.17, 15) is 14.0 Å². The number of rotatable bonds is 4. The second-order valence-electron chi connectivity index (χ2n) is 4.85. The largest absolute Gasteiger partial charge is 0.497 e. The molecule has 0 bridgehead atoms. The van der Waals surface area contributed by atoms with E-state index in [1.165, 1.54) is 29.3 Å². The maximum Gasteiger partial charge on any atom is 0.269 e. The number of nitrogens with zero attached hydrogens (tertiary/aromatic N) is 1. The number of carbonyl (C=O) groups excluding carboxylic acids is 1. The molecule has 3 rings (SSSR count). The predicted octanol–water partition coefficient (Wildman–Crippen LogP) is 2.85. The normalized spacial score (nSPS) is 10.7. The third-order valence-electron chi connectivity index (χ3n) is 3.25. The van der Waals surface area contributed by atoms with Crippen LogP contribution in [0.15, 0.2) is 47.3 Å². The quantitative estimate of drug-likeness (QED) is 0.799. The molecule has 0 aliphatic carbocycles. The fourth-order valence-corrected chi connectivity index (χ4v) is 3.20. The first kappa shape index (κ1) is 15.2. The van der Waals surface area contributed by atoms with Gasteiger partial charge >= 0.3 is 0 Å². The molecular formula is C16H13FN2O3S. The Labute approximate surface area is 135 Å². The van der Waals surface area contributed by atoms with Crippen LogP contribution in [0.3, 0.4) is 0 Å². The van der Waals surface area contributed by atoms with E-state index >= 15 is 0 Å². The second-order valence-corrected chi connectivity index (χ2v) is 5.92. The molecule has 0 atom stereocenters. The smallest absolute Gasteiger partial charge is 0.269 e. The maximum absolute atomic E-state index is 13.2. The van der Waals surface area contributed by atoms with Crippen LogP contribution < -0.4 is 15.6 Å². The van der Waals surface area contributed by atoms with Crippen molar-refractivity contribution >= 4 is 33.2 Å². The van der Waals surface area contributed by atoms with Crippen molar-refractivity contribution in [3.05, 3.63) is 58.6 Å². The molecule has 7 heteroatoms. The zero-order chi connectivity index (χ0) is 16.4. The highest BCUT2D eigenvalue weighted by Gasteiger charge is 2.12. The van der Waals surface area contributed by atoms with Crippen LogP contribution in [0.1, 0.15) is 0 Å². The van der Waals surface area contributed by atoms with Crippen LogP contribution in [0.4, 0.5) is 10.1 Å². The van der Waals surface area contributed by atoms with Gasteiger partial charge in [-0.05, 0) is 30.3 Å². The molecule has 0 unspecified atom stereocenters. The van der Waals surface area contributed by atoms with Crippen molar-refractivity contribution in [2.75, 3.05) is 12.4 Å².